The van der Waals surface area contributed by atoms with Crippen molar-refractivity contribution < 1.29 is 9.18 Å². The highest BCUT2D eigenvalue weighted by Gasteiger charge is 2.40. The summed E-state index contributed by atoms with van der Waals surface area (Å²) in [6.45, 7) is 1.94. The molecule has 2 fully saturated rings. The molecule has 2 N–H and O–H groups in total. The summed E-state index contributed by atoms with van der Waals surface area (Å²) in [6, 6.07) is 4.36. The lowest BCUT2D eigenvalue weighted by molar-refractivity contribution is 0.0611. The van der Waals surface area contributed by atoms with E-state index in [-0.39, 0.29) is 30.8 Å². The van der Waals surface area contributed by atoms with Gasteiger partial charge in [-0.2, -0.15) is 0 Å². The maximum absolute atomic E-state index is 13.2. The molecule has 5 heterocycles. The fraction of sp³-hybridized carbons (Fsp3) is 0.500. The van der Waals surface area contributed by atoms with Crippen LogP contribution in [-0.2, 0) is 0 Å². The van der Waals surface area contributed by atoms with Gasteiger partial charge in [0.05, 0.1) is 11.7 Å². The molecule has 2 saturated heterocycles. The third-order valence-electron chi connectivity index (χ3n) is 6.31. The smallest absolute Gasteiger partial charge is 0.318 e. The Kier molecular flexibility index (Phi) is 5.97. The number of urea groups is 1. The summed E-state index contributed by atoms with van der Waals surface area (Å²) in [5.74, 6) is 0.505. The van der Waals surface area contributed by atoms with Crippen LogP contribution in [0.4, 0.5) is 15.0 Å². The number of pyridine rings is 2. The van der Waals surface area contributed by atoms with Crippen LogP contribution in [0.5, 0.6) is 0 Å². The highest BCUT2D eigenvalue weighted by molar-refractivity contribution is 7.14. The maximum Gasteiger partial charge on any atom is 0.323 e. The maximum atomic E-state index is 13.2. The summed E-state index contributed by atoms with van der Waals surface area (Å²) in [5.41, 5.74) is 1.65. The Morgan fingerprint density at radius 3 is 2.72 bits per heavy atom. The molecule has 2 aliphatic heterocycles. The third-order valence-corrected chi connectivity index (χ3v) is 7.20. The number of fused-ring (bicyclic) bond motifs is 3. The van der Waals surface area contributed by atoms with E-state index in [2.05, 4.69) is 30.8 Å². The number of nitrogens with zero attached hydrogens (tertiary/aromatic N) is 5. The minimum absolute atomic E-state index is 0.112. The minimum atomic E-state index is -0.362. The van der Waals surface area contributed by atoms with Gasteiger partial charge in [0.1, 0.15) is 22.5 Å². The molecule has 0 aliphatic carbocycles. The van der Waals surface area contributed by atoms with Gasteiger partial charge in [0.15, 0.2) is 0 Å². The topological polar surface area (TPSA) is 95.9 Å². The Morgan fingerprint density at radius 1 is 1.19 bits per heavy atom. The lowest BCUT2D eigenvalue weighted by atomic mass is 9.82. The number of hydrogen-bond donors (Lipinski definition) is 2. The van der Waals surface area contributed by atoms with Crippen molar-refractivity contribution in [1.29, 1.82) is 0 Å². The van der Waals surface area contributed by atoms with Crippen LogP contribution in [-0.4, -0.2) is 62.4 Å². The largest absolute Gasteiger partial charge is 0.323 e. The normalized spacial score (nSPS) is 22.8. The first-order valence-corrected chi connectivity index (χ1v) is 11.9. The number of piperidine rings is 2. The average Bonchev–Trinajstić information content (AvgIpc) is 3.22. The van der Waals surface area contributed by atoms with Crippen LogP contribution in [0.25, 0.3) is 21.5 Å². The molecule has 2 aliphatic rings. The molecule has 0 aromatic carbocycles. The predicted octanol–water partition coefficient (Wildman–Crippen LogP) is 3.93. The summed E-state index contributed by atoms with van der Waals surface area (Å²) in [4.78, 5) is 24.1. The SMILES string of the molecule is Cc1nnc(-c2cnc3cnc(NC(=O)N4[C@@H]5CCC[C@H]4C[C@@H](NCCF)C5)cc3c2)s1. The van der Waals surface area contributed by atoms with Gasteiger partial charge in [0.25, 0.3) is 0 Å². The molecule has 0 radical (unpaired) electrons. The Balaban J connectivity index is 1.33. The van der Waals surface area contributed by atoms with Crippen LogP contribution in [0.15, 0.2) is 24.5 Å². The van der Waals surface area contributed by atoms with Crippen LogP contribution in [0.2, 0.25) is 0 Å². The first-order chi connectivity index (χ1) is 15.6. The summed E-state index contributed by atoms with van der Waals surface area (Å²) < 4.78 is 12.6. The van der Waals surface area contributed by atoms with Gasteiger partial charge in [-0.05, 0) is 51.2 Å². The molecular weight excluding hydrogens is 429 g/mol. The van der Waals surface area contributed by atoms with E-state index in [1.165, 1.54) is 11.3 Å². The van der Waals surface area contributed by atoms with Crippen LogP contribution >= 0.6 is 11.3 Å². The van der Waals surface area contributed by atoms with Gasteiger partial charge in [-0.15, -0.1) is 10.2 Å². The number of carbonyl (C=O) groups excluding carboxylic acids is 1. The standard InChI is InChI=1S/C22H26FN7OS/c1-13-28-29-21(32-13)15-7-14-8-20(26-12-19(14)25-11-15)27-22(31)30-17-3-2-4-18(30)10-16(9-17)24-6-5-23/h7-8,11-12,16-18,24H,2-6,9-10H2,1H3,(H,26,27,31)/t16-,17+,18-. The van der Waals surface area contributed by atoms with E-state index in [0.29, 0.717) is 12.4 Å². The van der Waals surface area contributed by atoms with Gasteiger partial charge in [-0.3, -0.25) is 10.3 Å². The molecule has 3 atom stereocenters. The van der Waals surface area contributed by atoms with E-state index >= 15 is 0 Å². The lowest BCUT2D eigenvalue weighted by Crippen LogP contribution is -2.59. The van der Waals surface area contributed by atoms with Gasteiger partial charge >= 0.3 is 6.03 Å². The highest BCUT2D eigenvalue weighted by Crippen LogP contribution is 2.34. The fourth-order valence-electron chi connectivity index (χ4n) is 4.94. The Morgan fingerprint density at radius 2 is 2.00 bits per heavy atom. The van der Waals surface area contributed by atoms with Crippen molar-refractivity contribution in [2.75, 3.05) is 18.5 Å². The van der Waals surface area contributed by atoms with Crippen molar-refractivity contribution in [3.63, 3.8) is 0 Å². The average molecular weight is 456 g/mol. The second-order valence-electron chi connectivity index (χ2n) is 8.50. The van der Waals surface area contributed by atoms with Crippen molar-refractivity contribution in [1.82, 2.24) is 30.4 Å². The Labute approximate surface area is 189 Å². The number of anilines is 1. The summed E-state index contributed by atoms with van der Waals surface area (Å²) in [6.07, 6.45) is 8.27. The van der Waals surface area contributed by atoms with E-state index in [1.807, 2.05) is 24.0 Å². The number of hydrogen-bond acceptors (Lipinski definition) is 7. The van der Waals surface area contributed by atoms with Crippen LogP contribution < -0.4 is 10.6 Å². The number of nitrogens with one attached hydrogen (secondary N) is 2. The second-order valence-corrected chi connectivity index (χ2v) is 9.68. The van der Waals surface area contributed by atoms with E-state index in [0.717, 1.165) is 58.6 Å². The molecular formula is C22H26FN7OS. The van der Waals surface area contributed by atoms with Crippen molar-refractivity contribution in [3.05, 3.63) is 29.5 Å². The molecule has 10 heteroatoms. The van der Waals surface area contributed by atoms with E-state index in [9.17, 15) is 9.18 Å². The van der Waals surface area contributed by atoms with E-state index in [4.69, 9.17) is 0 Å². The van der Waals surface area contributed by atoms with Gasteiger partial charge in [0, 0.05) is 41.8 Å². The first kappa shape index (κ1) is 21.1. The molecule has 3 aromatic heterocycles. The molecule has 0 saturated carbocycles. The van der Waals surface area contributed by atoms with Crippen molar-refractivity contribution in [2.45, 2.75) is 57.2 Å². The van der Waals surface area contributed by atoms with Gasteiger partial charge in [-0.1, -0.05) is 11.3 Å². The second kappa shape index (κ2) is 9.03. The van der Waals surface area contributed by atoms with Crippen molar-refractivity contribution >= 4 is 34.1 Å². The number of halogens is 1. The summed E-state index contributed by atoms with van der Waals surface area (Å²) in [5, 5.41) is 17.2. The third kappa shape index (κ3) is 4.29. The van der Waals surface area contributed by atoms with Gasteiger partial charge in [0.2, 0.25) is 0 Å². The zero-order valence-electron chi connectivity index (χ0n) is 17.9. The zero-order valence-corrected chi connectivity index (χ0v) is 18.7. The number of rotatable bonds is 5. The first-order valence-electron chi connectivity index (χ1n) is 11.1. The molecule has 168 valence electrons. The zero-order chi connectivity index (χ0) is 22.1. The predicted molar refractivity (Wildman–Crippen MR) is 122 cm³/mol. The number of aryl methyl sites for hydroxylation is 1. The van der Waals surface area contributed by atoms with E-state index in [1.54, 1.807) is 12.4 Å². The number of carbonyl (C=O) groups is 1. The molecule has 3 aromatic rings. The van der Waals surface area contributed by atoms with E-state index < -0.39 is 0 Å². The monoisotopic (exact) mass is 455 g/mol. The van der Waals surface area contributed by atoms with Gasteiger partial charge < -0.3 is 10.2 Å². The molecule has 8 nitrogen and oxygen atoms in total. The van der Waals surface area contributed by atoms with Crippen LogP contribution in [0.1, 0.15) is 37.1 Å². The Hall–Kier alpha value is -2.72. The highest BCUT2D eigenvalue weighted by atomic mass is 32.1. The fourth-order valence-corrected chi connectivity index (χ4v) is 5.61. The summed E-state index contributed by atoms with van der Waals surface area (Å²) >= 11 is 1.52. The quantitative estimate of drug-likeness (QED) is 0.605. The van der Waals surface area contributed by atoms with Crippen molar-refractivity contribution in [3.8, 4) is 10.6 Å². The van der Waals surface area contributed by atoms with Crippen molar-refractivity contribution in [2.24, 2.45) is 0 Å². The number of aromatic nitrogens is 4. The molecule has 0 spiro atoms. The number of amides is 2. The number of alkyl halides is 1. The molecule has 2 amide bonds. The van der Waals surface area contributed by atoms with Crippen LogP contribution in [0.3, 0.4) is 0 Å². The van der Waals surface area contributed by atoms with Gasteiger partial charge in [-0.25, -0.2) is 14.2 Å². The van der Waals surface area contributed by atoms with Crippen LogP contribution in [0, 0.1) is 6.92 Å². The molecule has 5 rings (SSSR count). The lowest BCUT2D eigenvalue weighted by Gasteiger charge is -2.48. The molecule has 2 bridgehead atoms. The Bertz CT molecular complexity index is 1110. The minimum Gasteiger partial charge on any atom is -0.318 e. The summed E-state index contributed by atoms with van der Waals surface area (Å²) in [7, 11) is 0. The molecule has 0 unspecified atom stereocenters. The molecule has 32 heavy (non-hydrogen) atoms.